The first-order valence-electron chi connectivity index (χ1n) is 7.38. The fraction of sp³-hybridized carbons (Fsp3) is 0.562. The first-order chi connectivity index (χ1) is 9.33. The van der Waals surface area contributed by atoms with Gasteiger partial charge < -0.3 is 10.6 Å². The summed E-state index contributed by atoms with van der Waals surface area (Å²) in [6.07, 6.45) is 5.50. The Hall–Kier alpha value is -1.51. The lowest BCUT2D eigenvalue weighted by Gasteiger charge is -2.16. The zero-order chi connectivity index (χ0) is 13.1. The quantitative estimate of drug-likeness (QED) is 0.789. The van der Waals surface area contributed by atoms with Crippen molar-refractivity contribution in [1.29, 1.82) is 0 Å². The number of para-hydroxylation sites is 1. The van der Waals surface area contributed by atoms with Gasteiger partial charge in [0.05, 0.1) is 6.54 Å². The molecule has 0 aromatic heterocycles. The van der Waals surface area contributed by atoms with Crippen LogP contribution in [0.1, 0.15) is 25.7 Å². The maximum atomic E-state index is 11.8. The summed E-state index contributed by atoms with van der Waals surface area (Å²) in [6.45, 7) is 1.25. The van der Waals surface area contributed by atoms with Crippen LogP contribution in [0.25, 0.3) is 0 Å². The molecule has 2 saturated carbocycles. The predicted molar refractivity (Wildman–Crippen MR) is 76.9 cm³/mol. The molecule has 0 aliphatic heterocycles. The molecule has 2 aliphatic rings. The monoisotopic (exact) mass is 258 g/mol. The van der Waals surface area contributed by atoms with Crippen LogP contribution in [0.3, 0.4) is 0 Å². The Morgan fingerprint density at radius 2 is 1.74 bits per heavy atom. The van der Waals surface area contributed by atoms with E-state index in [1.807, 2.05) is 30.3 Å². The topological polar surface area (TPSA) is 41.1 Å². The van der Waals surface area contributed by atoms with Gasteiger partial charge in [-0.2, -0.15) is 0 Å². The molecule has 0 unspecified atom stereocenters. The van der Waals surface area contributed by atoms with Crippen LogP contribution >= 0.6 is 0 Å². The van der Waals surface area contributed by atoms with E-state index in [0.29, 0.717) is 6.54 Å². The third-order valence-corrected chi connectivity index (χ3v) is 4.22. The number of rotatable bonds is 7. The normalized spacial score (nSPS) is 18.4. The molecule has 2 fully saturated rings. The average Bonchev–Trinajstić information content (AvgIpc) is 3.30. The van der Waals surface area contributed by atoms with E-state index in [4.69, 9.17) is 0 Å². The first-order valence-corrected chi connectivity index (χ1v) is 7.38. The zero-order valence-corrected chi connectivity index (χ0v) is 11.3. The Kier molecular flexibility index (Phi) is 3.72. The Labute approximate surface area is 114 Å². The van der Waals surface area contributed by atoms with Crippen LogP contribution in [0.2, 0.25) is 0 Å². The highest BCUT2D eigenvalue weighted by atomic mass is 16.1. The van der Waals surface area contributed by atoms with E-state index in [1.165, 1.54) is 25.7 Å². The van der Waals surface area contributed by atoms with Crippen LogP contribution in [0.4, 0.5) is 5.69 Å². The van der Waals surface area contributed by atoms with E-state index in [-0.39, 0.29) is 5.91 Å². The Bertz CT molecular complexity index is 412. The molecular formula is C16H22N2O. The minimum atomic E-state index is 0.107. The second kappa shape index (κ2) is 5.64. The fourth-order valence-corrected chi connectivity index (χ4v) is 2.80. The van der Waals surface area contributed by atoms with Gasteiger partial charge in [0.25, 0.3) is 0 Å². The highest BCUT2D eigenvalue weighted by molar-refractivity contribution is 5.80. The van der Waals surface area contributed by atoms with Crippen molar-refractivity contribution >= 4 is 11.6 Å². The molecule has 1 amide bonds. The summed E-state index contributed by atoms with van der Waals surface area (Å²) in [5, 5.41) is 6.24. The van der Waals surface area contributed by atoms with Gasteiger partial charge in [0.15, 0.2) is 0 Å². The van der Waals surface area contributed by atoms with Gasteiger partial charge >= 0.3 is 0 Å². The van der Waals surface area contributed by atoms with Crippen molar-refractivity contribution in [2.24, 2.45) is 17.8 Å². The van der Waals surface area contributed by atoms with Gasteiger partial charge in [-0.3, -0.25) is 4.79 Å². The van der Waals surface area contributed by atoms with Gasteiger partial charge in [0, 0.05) is 12.2 Å². The third kappa shape index (κ3) is 3.72. The maximum Gasteiger partial charge on any atom is 0.239 e. The summed E-state index contributed by atoms with van der Waals surface area (Å²) < 4.78 is 0. The highest BCUT2D eigenvalue weighted by Gasteiger charge is 2.41. The molecule has 2 aliphatic carbocycles. The second-order valence-electron chi connectivity index (χ2n) is 5.86. The minimum absolute atomic E-state index is 0.107. The minimum Gasteiger partial charge on any atom is -0.376 e. The Balaban J connectivity index is 1.39. The molecule has 0 radical (unpaired) electrons. The predicted octanol–water partition coefficient (Wildman–Crippen LogP) is 2.65. The van der Waals surface area contributed by atoms with Gasteiger partial charge in [0.1, 0.15) is 0 Å². The molecule has 3 heteroatoms. The van der Waals surface area contributed by atoms with E-state index >= 15 is 0 Å². The lowest BCUT2D eigenvalue weighted by atomic mass is 9.98. The molecule has 3 nitrogen and oxygen atoms in total. The molecular weight excluding hydrogens is 236 g/mol. The number of hydrogen-bond donors (Lipinski definition) is 2. The van der Waals surface area contributed by atoms with Gasteiger partial charge in [-0.1, -0.05) is 18.2 Å². The van der Waals surface area contributed by atoms with Crippen molar-refractivity contribution in [3.63, 3.8) is 0 Å². The number of hydrogen-bond acceptors (Lipinski definition) is 2. The van der Waals surface area contributed by atoms with E-state index in [9.17, 15) is 4.79 Å². The second-order valence-corrected chi connectivity index (χ2v) is 5.86. The van der Waals surface area contributed by atoms with Crippen molar-refractivity contribution in [2.45, 2.75) is 25.7 Å². The Morgan fingerprint density at radius 3 is 2.32 bits per heavy atom. The van der Waals surface area contributed by atoms with Crippen molar-refractivity contribution in [3.05, 3.63) is 30.3 Å². The number of benzene rings is 1. The summed E-state index contributed by atoms with van der Waals surface area (Å²) >= 11 is 0. The lowest BCUT2D eigenvalue weighted by molar-refractivity contribution is -0.119. The molecule has 19 heavy (non-hydrogen) atoms. The van der Waals surface area contributed by atoms with Gasteiger partial charge in [-0.05, 0) is 55.6 Å². The van der Waals surface area contributed by atoms with Crippen molar-refractivity contribution in [3.8, 4) is 0 Å². The molecule has 0 saturated heterocycles. The van der Waals surface area contributed by atoms with Gasteiger partial charge in [0.2, 0.25) is 5.91 Å². The standard InChI is InChI=1S/C16H22N2O/c19-16(11-17-14-4-2-1-3-5-14)18-10-15(12-6-7-12)13-8-9-13/h1-5,12-13,15,17H,6-11H2,(H,18,19). The van der Waals surface area contributed by atoms with E-state index in [0.717, 1.165) is 30.0 Å². The zero-order valence-electron chi connectivity index (χ0n) is 11.3. The summed E-state index contributed by atoms with van der Waals surface area (Å²) in [4.78, 5) is 11.8. The van der Waals surface area contributed by atoms with Crippen molar-refractivity contribution in [2.75, 3.05) is 18.4 Å². The largest absolute Gasteiger partial charge is 0.376 e. The van der Waals surface area contributed by atoms with Crippen LogP contribution in [0.5, 0.6) is 0 Å². The van der Waals surface area contributed by atoms with Crippen molar-refractivity contribution < 1.29 is 4.79 Å². The molecule has 0 atom stereocenters. The fourth-order valence-electron chi connectivity index (χ4n) is 2.80. The number of carbonyl (C=O) groups is 1. The molecule has 3 rings (SSSR count). The van der Waals surface area contributed by atoms with Gasteiger partial charge in [-0.25, -0.2) is 0 Å². The van der Waals surface area contributed by atoms with E-state index in [2.05, 4.69) is 10.6 Å². The summed E-state index contributed by atoms with van der Waals surface area (Å²) in [5.74, 6) is 2.65. The molecule has 0 spiro atoms. The smallest absolute Gasteiger partial charge is 0.239 e. The molecule has 1 aromatic rings. The molecule has 1 aromatic carbocycles. The number of nitrogens with one attached hydrogen (secondary N) is 2. The van der Waals surface area contributed by atoms with E-state index < -0.39 is 0 Å². The SMILES string of the molecule is O=C(CNc1ccccc1)NCC(C1CC1)C1CC1. The molecule has 0 heterocycles. The molecule has 0 bridgehead atoms. The van der Waals surface area contributed by atoms with Crippen LogP contribution in [0, 0.1) is 17.8 Å². The van der Waals surface area contributed by atoms with Crippen LogP contribution in [-0.2, 0) is 4.79 Å². The summed E-state index contributed by atoms with van der Waals surface area (Å²) in [5.41, 5.74) is 0.999. The highest BCUT2D eigenvalue weighted by Crippen LogP contribution is 2.48. The van der Waals surface area contributed by atoms with Crippen LogP contribution in [-0.4, -0.2) is 19.0 Å². The van der Waals surface area contributed by atoms with Crippen LogP contribution < -0.4 is 10.6 Å². The number of carbonyl (C=O) groups excluding carboxylic acids is 1. The number of amides is 1. The first kappa shape index (κ1) is 12.5. The third-order valence-electron chi connectivity index (χ3n) is 4.22. The summed E-state index contributed by atoms with van der Waals surface area (Å²) in [7, 11) is 0. The maximum absolute atomic E-state index is 11.8. The average molecular weight is 258 g/mol. The molecule has 2 N–H and O–H groups in total. The Morgan fingerprint density at radius 1 is 1.11 bits per heavy atom. The number of anilines is 1. The van der Waals surface area contributed by atoms with Crippen molar-refractivity contribution in [1.82, 2.24) is 5.32 Å². The summed E-state index contributed by atoms with van der Waals surface area (Å²) in [6, 6.07) is 9.86. The lowest BCUT2D eigenvalue weighted by Crippen LogP contribution is -2.35. The van der Waals surface area contributed by atoms with Gasteiger partial charge in [-0.15, -0.1) is 0 Å². The van der Waals surface area contributed by atoms with E-state index in [1.54, 1.807) is 0 Å². The molecule has 102 valence electrons. The van der Waals surface area contributed by atoms with Crippen LogP contribution in [0.15, 0.2) is 30.3 Å².